The maximum Gasteiger partial charge on any atom is 0.271 e. The number of carbonyl (C=O) groups is 1. The van der Waals surface area contributed by atoms with Gasteiger partial charge in [0, 0.05) is 11.3 Å². The predicted octanol–water partition coefficient (Wildman–Crippen LogP) is 4.67. The van der Waals surface area contributed by atoms with E-state index in [4.69, 9.17) is 14.5 Å². The van der Waals surface area contributed by atoms with Crippen LogP contribution in [0.4, 0.5) is 5.69 Å². The molecule has 0 saturated heterocycles. The van der Waals surface area contributed by atoms with E-state index < -0.39 is 6.04 Å². The Balaban J connectivity index is 1.66. The quantitative estimate of drug-likeness (QED) is 0.353. The lowest BCUT2D eigenvalue weighted by molar-refractivity contribution is -0.113. The number of aromatic nitrogens is 1. The van der Waals surface area contributed by atoms with Gasteiger partial charge in [-0.3, -0.25) is 14.2 Å². The number of allylic oxidation sites excluding steroid dienone is 1. The van der Waals surface area contributed by atoms with E-state index in [0.717, 1.165) is 16.9 Å². The summed E-state index contributed by atoms with van der Waals surface area (Å²) in [5, 5.41) is 2.97. The zero-order valence-electron chi connectivity index (χ0n) is 22.0. The van der Waals surface area contributed by atoms with E-state index in [1.54, 1.807) is 4.57 Å². The number of carbonyl (C=O) groups excluding carboxylic acids is 1. The monoisotopic (exact) mass is 539 g/mol. The molecule has 5 rings (SSSR count). The largest absolute Gasteiger partial charge is 0.494 e. The molecule has 0 bridgehead atoms. The molecule has 198 valence electrons. The van der Waals surface area contributed by atoms with E-state index in [2.05, 4.69) is 5.32 Å². The van der Waals surface area contributed by atoms with Crippen molar-refractivity contribution in [3.63, 3.8) is 0 Å². The highest BCUT2D eigenvalue weighted by Crippen LogP contribution is 2.32. The van der Waals surface area contributed by atoms with Gasteiger partial charge in [0.1, 0.15) is 11.5 Å². The van der Waals surface area contributed by atoms with Crippen molar-refractivity contribution in [2.24, 2.45) is 4.99 Å². The van der Waals surface area contributed by atoms with Crippen molar-refractivity contribution in [1.82, 2.24) is 4.57 Å². The summed E-state index contributed by atoms with van der Waals surface area (Å²) in [5.74, 6) is 1.11. The highest BCUT2D eigenvalue weighted by Gasteiger charge is 2.32. The minimum atomic E-state index is -0.662. The second kappa shape index (κ2) is 11.5. The summed E-state index contributed by atoms with van der Waals surface area (Å²) in [4.78, 5) is 32.9. The first-order valence-electron chi connectivity index (χ1n) is 12.8. The number of nitrogens with zero attached hydrogens (tertiary/aromatic N) is 2. The smallest absolute Gasteiger partial charge is 0.271 e. The van der Waals surface area contributed by atoms with Crippen LogP contribution in [0.5, 0.6) is 11.5 Å². The molecule has 1 amide bonds. The third kappa shape index (κ3) is 5.42. The Kier molecular flexibility index (Phi) is 7.74. The minimum absolute atomic E-state index is 0.221. The Hall–Kier alpha value is -4.43. The summed E-state index contributed by atoms with van der Waals surface area (Å²) in [7, 11) is 0. The van der Waals surface area contributed by atoms with Crippen molar-refractivity contribution in [2.75, 3.05) is 18.5 Å². The van der Waals surface area contributed by atoms with Gasteiger partial charge < -0.3 is 14.8 Å². The molecule has 0 saturated carbocycles. The first-order valence-corrected chi connectivity index (χ1v) is 13.6. The Morgan fingerprint density at radius 3 is 2.38 bits per heavy atom. The number of thiazole rings is 1. The third-order valence-corrected chi connectivity index (χ3v) is 7.29. The van der Waals surface area contributed by atoms with Crippen molar-refractivity contribution in [2.45, 2.75) is 26.8 Å². The first kappa shape index (κ1) is 26.2. The molecule has 0 aliphatic carbocycles. The van der Waals surface area contributed by atoms with Crippen LogP contribution in [0.3, 0.4) is 0 Å². The van der Waals surface area contributed by atoms with Gasteiger partial charge in [0.05, 0.1) is 35.1 Å². The second-order valence-corrected chi connectivity index (χ2v) is 9.88. The van der Waals surface area contributed by atoms with Gasteiger partial charge in [-0.1, -0.05) is 59.9 Å². The van der Waals surface area contributed by atoms with Crippen LogP contribution in [0.25, 0.3) is 6.08 Å². The van der Waals surface area contributed by atoms with Crippen LogP contribution in [0.2, 0.25) is 0 Å². The van der Waals surface area contributed by atoms with Crippen molar-refractivity contribution in [3.05, 3.63) is 121 Å². The molecule has 3 aromatic carbocycles. The van der Waals surface area contributed by atoms with Crippen molar-refractivity contribution >= 4 is 29.0 Å². The van der Waals surface area contributed by atoms with Gasteiger partial charge in [0.15, 0.2) is 4.80 Å². The number of fused-ring (bicyclic) bond motifs is 1. The number of amides is 1. The van der Waals surface area contributed by atoms with E-state index in [9.17, 15) is 9.59 Å². The van der Waals surface area contributed by atoms with E-state index in [0.29, 0.717) is 45.3 Å². The highest BCUT2D eigenvalue weighted by molar-refractivity contribution is 7.07. The van der Waals surface area contributed by atoms with Gasteiger partial charge in [-0.15, -0.1) is 0 Å². The molecule has 0 fully saturated rings. The molecule has 0 spiro atoms. The molecular weight excluding hydrogens is 510 g/mol. The molecule has 0 unspecified atom stereocenters. The van der Waals surface area contributed by atoms with Gasteiger partial charge in [-0.05, 0) is 62.7 Å². The fraction of sp³-hybridized carbons (Fsp3) is 0.194. The molecule has 1 aliphatic heterocycles. The van der Waals surface area contributed by atoms with Crippen LogP contribution < -0.4 is 29.7 Å². The number of hydrogen-bond acceptors (Lipinski definition) is 6. The summed E-state index contributed by atoms with van der Waals surface area (Å²) >= 11 is 1.30. The van der Waals surface area contributed by atoms with Crippen LogP contribution in [0.1, 0.15) is 37.9 Å². The number of ether oxygens (including phenoxy) is 2. The van der Waals surface area contributed by atoms with Crippen LogP contribution >= 0.6 is 11.3 Å². The summed E-state index contributed by atoms with van der Waals surface area (Å²) < 4.78 is 13.5. The van der Waals surface area contributed by atoms with Crippen molar-refractivity contribution in [1.29, 1.82) is 0 Å². The molecule has 1 aliphatic rings. The van der Waals surface area contributed by atoms with Crippen LogP contribution in [0.15, 0.2) is 99.9 Å². The lowest BCUT2D eigenvalue weighted by Gasteiger charge is -2.25. The molecule has 1 aromatic heterocycles. The van der Waals surface area contributed by atoms with Crippen molar-refractivity contribution < 1.29 is 14.3 Å². The number of hydrogen-bond donors (Lipinski definition) is 1. The fourth-order valence-electron chi connectivity index (χ4n) is 4.59. The van der Waals surface area contributed by atoms with Gasteiger partial charge >= 0.3 is 0 Å². The molecule has 7 nitrogen and oxygen atoms in total. The first-order chi connectivity index (χ1) is 19.0. The zero-order chi connectivity index (χ0) is 27.4. The van der Waals surface area contributed by atoms with Gasteiger partial charge in [-0.2, -0.15) is 0 Å². The standard InChI is InChI=1S/C31H29N3O4S/c1-4-37-24-17-15-21(16-18-24)28-27(29(35)33-23-12-7-6-8-13-23)20(3)32-31-34(28)30(36)26(39-31)19-22-11-9-10-14-25(22)38-5-2/h6-19,28H,4-5H2,1-3H3,(H,33,35)/b26-19-/t28-/m1/s1. The highest BCUT2D eigenvalue weighted by atomic mass is 32.1. The third-order valence-electron chi connectivity index (χ3n) is 6.31. The number of rotatable bonds is 8. The van der Waals surface area contributed by atoms with E-state index in [1.807, 2.05) is 106 Å². The van der Waals surface area contributed by atoms with Crippen LogP contribution in [0, 0.1) is 0 Å². The molecular formula is C31H29N3O4S. The topological polar surface area (TPSA) is 81.9 Å². The van der Waals surface area contributed by atoms with Crippen LogP contribution in [-0.2, 0) is 4.79 Å². The Morgan fingerprint density at radius 2 is 1.67 bits per heavy atom. The predicted molar refractivity (Wildman–Crippen MR) is 154 cm³/mol. The summed E-state index contributed by atoms with van der Waals surface area (Å²) in [6.07, 6.45) is 1.83. The van der Waals surface area contributed by atoms with E-state index >= 15 is 0 Å². The minimum Gasteiger partial charge on any atom is -0.494 e. The Morgan fingerprint density at radius 1 is 0.974 bits per heavy atom. The SMILES string of the molecule is CCOc1ccc([C@@H]2C(C(=O)Nc3ccccc3)=C(C)N=c3s/c(=C\c4ccccc4OCC)c(=O)n32)cc1. The second-order valence-electron chi connectivity index (χ2n) is 8.87. The molecule has 4 aromatic rings. The maximum atomic E-state index is 13.9. The normalized spacial score (nSPS) is 14.9. The number of para-hydroxylation sites is 2. The van der Waals surface area contributed by atoms with Gasteiger partial charge in [0.2, 0.25) is 0 Å². The zero-order valence-corrected chi connectivity index (χ0v) is 22.8. The summed E-state index contributed by atoms with van der Waals surface area (Å²) in [6.45, 7) is 6.72. The van der Waals surface area contributed by atoms with E-state index in [-0.39, 0.29) is 11.5 Å². The van der Waals surface area contributed by atoms with Gasteiger partial charge in [-0.25, -0.2) is 4.99 Å². The molecule has 1 N–H and O–H groups in total. The molecule has 0 radical (unpaired) electrons. The Labute approximate surface area is 230 Å². The maximum absolute atomic E-state index is 13.9. The Bertz CT molecular complexity index is 1700. The molecule has 39 heavy (non-hydrogen) atoms. The van der Waals surface area contributed by atoms with Crippen molar-refractivity contribution in [3.8, 4) is 11.5 Å². The molecule has 8 heteroatoms. The molecule has 1 atom stereocenters. The average Bonchev–Trinajstić information content (AvgIpc) is 3.24. The fourth-order valence-corrected chi connectivity index (χ4v) is 5.63. The summed E-state index contributed by atoms with van der Waals surface area (Å²) in [5.41, 5.74) is 3.01. The number of benzene rings is 3. The number of nitrogens with one attached hydrogen (secondary N) is 1. The van der Waals surface area contributed by atoms with E-state index in [1.165, 1.54) is 11.3 Å². The van der Waals surface area contributed by atoms with Gasteiger partial charge in [0.25, 0.3) is 11.5 Å². The average molecular weight is 540 g/mol. The lowest BCUT2D eigenvalue weighted by atomic mass is 9.95. The summed E-state index contributed by atoms with van der Waals surface area (Å²) in [6, 6.07) is 23.7. The molecule has 2 heterocycles. The lowest BCUT2D eigenvalue weighted by Crippen LogP contribution is -2.40. The number of anilines is 1. The van der Waals surface area contributed by atoms with Crippen LogP contribution in [-0.4, -0.2) is 23.7 Å².